The summed E-state index contributed by atoms with van der Waals surface area (Å²) in [7, 11) is 3.10. The van der Waals surface area contributed by atoms with Crippen molar-refractivity contribution in [3.05, 3.63) is 71.9 Å². The molecule has 0 atom stereocenters. The Morgan fingerprint density at radius 1 is 1.09 bits per heavy atom. The van der Waals surface area contributed by atoms with Crippen LogP contribution in [0.2, 0.25) is 0 Å². The van der Waals surface area contributed by atoms with Gasteiger partial charge in [0.05, 0.1) is 12.7 Å². The molecule has 1 heterocycles. The average molecular weight is 294 g/mol. The molecule has 0 N–H and O–H groups in total. The lowest BCUT2D eigenvalue weighted by atomic mass is 10.1. The lowest BCUT2D eigenvalue weighted by molar-refractivity contribution is -0.0755. The second-order valence-corrected chi connectivity index (χ2v) is 5.16. The van der Waals surface area contributed by atoms with Crippen molar-refractivity contribution in [1.29, 1.82) is 0 Å². The summed E-state index contributed by atoms with van der Waals surface area (Å²) in [5, 5.41) is 2.18. The zero-order chi connectivity index (χ0) is 15.5. The first kappa shape index (κ1) is 14.4. The third kappa shape index (κ3) is 2.61. The molecule has 0 aliphatic carbocycles. The number of carbonyl (C=O) groups excluding carboxylic acids is 1. The highest BCUT2D eigenvalue weighted by atomic mass is 16.7. The number of fused-ring (bicyclic) bond motifs is 1. The van der Waals surface area contributed by atoms with Gasteiger partial charge >= 0.3 is 0 Å². The van der Waals surface area contributed by atoms with Gasteiger partial charge in [-0.15, -0.1) is 0 Å². The Kier molecular flexibility index (Phi) is 3.94. The monoisotopic (exact) mass is 294 g/mol. The summed E-state index contributed by atoms with van der Waals surface area (Å²) < 4.78 is 2.10. The molecule has 0 saturated heterocycles. The highest BCUT2D eigenvalue weighted by molar-refractivity contribution is 6.06. The first-order chi connectivity index (χ1) is 10.7. The summed E-state index contributed by atoms with van der Waals surface area (Å²) in [4.78, 5) is 17.5. The van der Waals surface area contributed by atoms with Crippen molar-refractivity contribution in [3.8, 4) is 0 Å². The van der Waals surface area contributed by atoms with E-state index < -0.39 is 0 Å². The molecule has 0 radical (unpaired) electrons. The molecule has 1 amide bonds. The summed E-state index contributed by atoms with van der Waals surface area (Å²) >= 11 is 0. The van der Waals surface area contributed by atoms with Crippen molar-refractivity contribution < 1.29 is 9.63 Å². The van der Waals surface area contributed by atoms with Gasteiger partial charge in [-0.05, 0) is 11.6 Å². The lowest BCUT2D eigenvalue weighted by Crippen LogP contribution is -2.25. The molecule has 22 heavy (non-hydrogen) atoms. The Labute approximate surface area is 129 Å². The Balaban J connectivity index is 2.06. The summed E-state index contributed by atoms with van der Waals surface area (Å²) in [6.07, 6.45) is 1.90. The van der Waals surface area contributed by atoms with Gasteiger partial charge in [-0.1, -0.05) is 48.5 Å². The lowest BCUT2D eigenvalue weighted by Gasteiger charge is -2.12. The zero-order valence-corrected chi connectivity index (χ0v) is 12.7. The van der Waals surface area contributed by atoms with Gasteiger partial charge in [-0.2, -0.15) is 0 Å². The molecule has 0 spiro atoms. The molecule has 0 bridgehead atoms. The minimum atomic E-state index is -0.148. The third-order valence-corrected chi connectivity index (χ3v) is 3.77. The molecular weight excluding hydrogens is 276 g/mol. The van der Waals surface area contributed by atoms with Crippen LogP contribution < -0.4 is 0 Å². The maximum absolute atomic E-state index is 12.4. The van der Waals surface area contributed by atoms with Crippen LogP contribution in [0.4, 0.5) is 0 Å². The number of amides is 1. The number of hydrogen-bond acceptors (Lipinski definition) is 2. The zero-order valence-electron chi connectivity index (χ0n) is 12.7. The van der Waals surface area contributed by atoms with E-state index in [1.54, 1.807) is 7.05 Å². The Hall–Kier alpha value is -2.59. The minimum Gasteiger partial charge on any atom is -0.342 e. The number of aromatic nitrogens is 1. The SMILES string of the molecule is CON(C)C(=O)c1cn(Cc2ccccc2)c2ccccc12. The number of para-hydroxylation sites is 1. The first-order valence-electron chi connectivity index (χ1n) is 7.14. The summed E-state index contributed by atoms with van der Waals surface area (Å²) in [6.45, 7) is 0.728. The van der Waals surface area contributed by atoms with Crippen LogP contribution in [-0.4, -0.2) is 29.7 Å². The molecule has 3 rings (SSSR count). The van der Waals surface area contributed by atoms with E-state index in [1.807, 2.05) is 48.7 Å². The number of rotatable bonds is 4. The van der Waals surface area contributed by atoms with Crippen LogP contribution in [0.25, 0.3) is 10.9 Å². The predicted octanol–water partition coefficient (Wildman–Crippen LogP) is 3.32. The van der Waals surface area contributed by atoms with Gasteiger partial charge in [0.1, 0.15) is 0 Å². The van der Waals surface area contributed by atoms with Crippen LogP contribution in [0.5, 0.6) is 0 Å². The standard InChI is InChI=1S/C18H18N2O2/c1-19(22-2)18(21)16-13-20(12-14-8-4-3-5-9-14)17-11-7-6-10-15(16)17/h3-11,13H,12H2,1-2H3. The Morgan fingerprint density at radius 3 is 2.50 bits per heavy atom. The molecular formula is C18H18N2O2. The average Bonchev–Trinajstić information content (AvgIpc) is 2.93. The molecule has 0 saturated carbocycles. The second-order valence-electron chi connectivity index (χ2n) is 5.16. The quantitative estimate of drug-likeness (QED) is 0.692. The third-order valence-electron chi connectivity index (χ3n) is 3.77. The summed E-state index contributed by atoms with van der Waals surface area (Å²) in [5.41, 5.74) is 2.89. The molecule has 2 aromatic carbocycles. The van der Waals surface area contributed by atoms with Crippen molar-refractivity contribution in [1.82, 2.24) is 9.63 Å². The van der Waals surface area contributed by atoms with Gasteiger partial charge < -0.3 is 4.57 Å². The second kappa shape index (κ2) is 6.03. The van der Waals surface area contributed by atoms with E-state index in [9.17, 15) is 4.79 Å². The smallest absolute Gasteiger partial charge is 0.279 e. The van der Waals surface area contributed by atoms with Crippen LogP contribution in [-0.2, 0) is 11.4 Å². The molecule has 0 aliphatic heterocycles. The minimum absolute atomic E-state index is 0.148. The van der Waals surface area contributed by atoms with E-state index >= 15 is 0 Å². The van der Waals surface area contributed by atoms with Gasteiger partial charge in [-0.25, -0.2) is 5.06 Å². The first-order valence-corrected chi connectivity index (χ1v) is 7.14. The van der Waals surface area contributed by atoms with Gasteiger partial charge in [-0.3, -0.25) is 9.63 Å². The fourth-order valence-electron chi connectivity index (χ4n) is 2.58. The number of carbonyl (C=O) groups is 1. The van der Waals surface area contributed by atoms with Crippen molar-refractivity contribution in [2.24, 2.45) is 0 Å². The van der Waals surface area contributed by atoms with Crippen molar-refractivity contribution in [2.75, 3.05) is 14.2 Å². The van der Waals surface area contributed by atoms with E-state index in [2.05, 4.69) is 16.7 Å². The topological polar surface area (TPSA) is 34.5 Å². The van der Waals surface area contributed by atoms with E-state index in [-0.39, 0.29) is 5.91 Å². The number of nitrogens with zero attached hydrogens (tertiary/aromatic N) is 2. The highest BCUT2D eigenvalue weighted by Gasteiger charge is 2.18. The van der Waals surface area contributed by atoms with Gasteiger partial charge in [0.15, 0.2) is 0 Å². The van der Waals surface area contributed by atoms with Crippen LogP contribution >= 0.6 is 0 Å². The molecule has 4 nitrogen and oxygen atoms in total. The molecule has 0 fully saturated rings. The van der Waals surface area contributed by atoms with Crippen molar-refractivity contribution in [3.63, 3.8) is 0 Å². The fraction of sp³-hybridized carbons (Fsp3) is 0.167. The summed E-state index contributed by atoms with van der Waals surface area (Å²) in [5.74, 6) is -0.148. The number of hydrogen-bond donors (Lipinski definition) is 0. The van der Waals surface area contributed by atoms with E-state index in [0.717, 1.165) is 17.4 Å². The largest absolute Gasteiger partial charge is 0.342 e. The van der Waals surface area contributed by atoms with Crippen LogP contribution in [0.15, 0.2) is 60.8 Å². The van der Waals surface area contributed by atoms with Crippen LogP contribution in [0.3, 0.4) is 0 Å². The Bertz CT molecular complexity index is 793. The van der Waals surface area contributed by atoms with Crippen molar-refractivity contribution >= 4 is 16.8 Å². The number of benzene rings is 2. The molecule has 4 heteroatoms. The van der Waals surface area contributed by atoms with Crippen molar-refractivity contribution in [2.45, 2.75) is 6.54 Å². The normalized spacial score (nSPS) is 10.8. The van der Waals surface area contributed by atoms with E-state index in [4.69, 9.17) is 4.84 Å². The molecule has 0 unspecified atom stereocenters. The van der Waals surface area contributed by atoms with Crippen LogP contribution in [0.1, 0.15) is 15.9 Å². The fourth-order valence-corrected chi connectivity index (χ4v) is 2.58. The van der Waals surface area contributed by atoms with Gasteiger partial charge in [0.25, 0.3) is 5.91 Å². The van der Waals surface area contributed by atoms with Gasteiger partial charge in [0, 0.05) is 30.7 Å². The molecule has 112 valence electrons. The number of hydroxylamine groups is 2. The van der Waals surface area contributed by atoms with E-state index in [1.165, 1.54) is 17.7 Å². The van der Waals surface area contributed by atoms with Gasteiger partial charge in [0.2, 0.25) is 0 Å². The summed E-state index contributed by atoms with van der Waals surface area (Å²) in [6, 6.07) is 18.1. The molecule has 0 aliphatic rings. The predicted molar refractivity (Wildman–Crippen MR) is 86.6 cm³/mol. The van der Waals surface area contributed by atoms with E-state index in [0.29, 0.717) is 5.56 Å². The van der Waals surface area contributed by atoms with Crippen LogP contribution in [0, 0.1) is 0 Å². The molecule has 1 aromatic heterocycles. The molecule has 3 aromatic rings. The Morgan fingerprint density at radius 2 is 1.77 bits per heavy atom. The maximum atomic E-state index is 12.4. The maximum Gasteiger partial charge on any atom is 0.279 e. The highest BCUT2D eigenvalue weighted by Crippen LogP contribution is 2.23.